The molecule has 0 radical (unpaired) electrons. The lowest BCUT2D eigenvalue weighted by Gasteiger charge is -2.13. The molecule has 3 aromatic heterocycles. The van der Waals surface area contributed by atoms with E-state index in [2.05, 4.69) is 44.0 Å². The third kappa shape index (κ3) is 2.50. The van der Waals surface area contributed by atoms with E-state index in [1.54, 1.807) is 13.1 Å². The van der Waals surface area contributed by atoms with Crippen LogP contribution in [0.1, 0.15) is 46.1 Å². The second-order valence-electron chi connectivity index (χ2n) is 7.14. The Morgan fingerprint density at radius 1 is 1.23 bits per heavy atom. The Hall–Kier alpha value is -2.68. The minimum Gasteiger partial charge on any atom is -0.437 e. The molecule has 4 aromatic rings. The summed E-state index contributed by atoms with van der Waals surface area (Å²) < 4.78 is 24.7. The number of benzene rings is 1. The van der Waals surface area contributed by atoms with Crippen molar-refractivity contribution in [3.8, 4) is 11.3 Å². The van der Waals surface area contributed by atoms with E-state index in [0.29, 0.717) is 5.71 Å². The number of hydrogen-bond acceptors (Lipinski definition) is 2. The van der Waals surface area contributed by atoms with Crippen LogP contribution in [0.2, 0.25) is 0 Å². The molecule has 3 heteroatoms. The molecule has 3 heterocycles. The summed E-state index contributed by atoms with van der Waals surface area (Å²) in [5.41, 5.74) is 6.37. The van der Waals surface area contributed by atoms with E-state index in [0.717, 1.165) is 44.3 Å². The highest BCUT2D eigenvalue weighted by Gasteiger charge is 2.23. The van der Waals surface area contributed by atoms with Crippen LogP contribution in [-0.4, -0.2) is 4.98 Å². The molecule has 0 N–H and O–H groups in total. The second-order valence-corrected chi connectivity index (χ2v) is 7.14. The standard InChI is InChI=1S/C23H25N2O/c1-6-16-13-25(5)20(12-19(16)14(2)3)21-15(4)9-10-17-18-8-7-11-24-23(18)26-22(17)21/h7-14H,6H2,1-5H3/q+1/i6D2. The van der Waals surface area contributed by atoms with Crippen molar-refractivity contribution in [2.24, 2.45) is 7.05 Å². The normalized spacial score (nSPS) is 13.5. The van der Waals surface area contributed by atoms with Crippen molar-refractivity contribution in [1.82, 2.24) is 4.98 Å². The first-order valence-corrected chi connectivity index (χ1v) is 8.99. The van der Waals surface area contributed by atoms with Gasteiger partial charge in [-0.25, -0.2) is 9.55 Å². The molecule has 0 unspecified atom stereocenters. The SMILES string of the molecule is [2H]C([2H])(C)c1c[n+](C)c(-c2c(C)ccc3c2oc2ncccc23)cc1C(C)C. The number of nitrogens with zero attached hydrogens (tertiary/aromatic N) is 2. The third-order valence-corrected chi connectivity index (χ3v) is 5.08. The van der Waals surface area contributed by atoms with Gasteiger partial charge in [-0.15, -0.1) is 0 Å². The maximum atomic E-state index is 8.25. The Labute approximate surface area is 157 Å². The molecule has 0 bridgehead atoms. The Morgan fingerprint density at radius 2 is 2.04 bits per heavy atom. The van der Waals surface area contributed by atoms with Gasteiger partial charge in [0.2, 0.25) is 11.4 Å². The molecule has 26 heavy (non-hydrogen) atoms. The monoisotopic (exact) mass is 347 g/mol. The Morgan fingerprint density at radius 3 is 2.77 bits per heavy atom. The van der Waals surface area contributed by atoms with Gasteiger partial charge >= 0.3 is 0 Å². The Kier molecular flexibility index (Phi) is 3.48. The van der Waals surface area contributed by atoms with Crippen molar-refractivity contribution >= 4 is 22.1 Å². The summed E-state index contributed by atoms with van der Waals surface area (Å²) in [4.78, 5) is 4.37. The molecule has 132 valence electrons. The summed E-state index contributed by atoms with van der Waals surface area (Å²) in [7, 11) is 1.97. The van der Waals surface area contributed by atoms with Gasteiger partial charge in [0.05, 0.1) is 5.56 Å². The summed E-state index contributed by atoms with van der Waals surface area (Å²) in [5.74, 6) is 0.210. The molecular weight excluding hydrogens is 320 g/mol. The van der Waals surface area contributed by atoms with Gasteiger partial charge in [-0.05, 0) is 42.5 Å². The molecule has 0 aliphatic heterocycles. The summed E-state index contributed by atoms with van der Waals surface area (Å²) in [6.07, 6.45) is 2.26. The zero-order valence-electron chi connectivity index (χ0n) is 17.9. The predicted molar refractivity (Wildman–Crippen MR) is 106 cm³/mol. The highest BCUT2D eigenvalue weighted by atomic mass is 16.3. The largest absolute Gasteiger partial charge is 0.437 e. The van der Waals surface area contributed by atoms with Gasteiger partial charge < -0.3 is 4.42 Å². The van der Waals surface area contributed by atoms with Gasteiger partial charge in [-0.1, -0.05) is 32.9 Å². The average molecular weight is 347 g/mol. The lowest BCUT2D eigenvalue weighted by molar-refractivity contribution is -0.660. The fourth-order valence-corrected chi connectivity index (χ4v) is 3.69. The van der Waals surface area contributed by atoms with Crippen LogP contribution in [0.3, 0.4) is 0 Å². The van der Waals surface area contributed by atoms with Crippen LogP contribution in [0, 0.1) is 6.92 Å². The third-order valence-electron chi connectivity index (χ3n) is 5.08. The number of aryl methyl sites for hydroxylation is 3. The van der Waals surface area contributed by atoms with Gasteiger partial charge in [-0.3, -0.25) is 0 Å². The number of fused-ring (bicyclic) bond motifs is 3. The topological polar surface area (TPSA) is 29.9 Å². The first kappa shape index (κ1) is 14.5. The number of pyridine rings is 2. The quantitative estimate of drug-likeness (QED) is 0.460. The lowest BCUT2D eigenvalue weighted by atomic mass is 9.93. The van der Waals surface area contributed by atoms with Crippen molar-refractivity contribution in [3.63, 3.8) is 0 Å². The van der Waals surface area contributed by atoms with Crippen molar-refractivity contribution in [3.05, 3.63) is 59.4 Å². The van der Waals surface area contributed by atoms with E-state index in [4.69, 9.17) is 7.16 Å². The van der Waals surface area contributed by atoms with Crippen LogP contribution in [0.15, 0.2) is 47.1 Å². The highest BCUT2D eigenvalue weighted by molar-refractivity contribution is 6.08. The number of furan rings is 1. The van der Waals surface area contributed by atoms with E-state index in [1.165, 1.54) is 0 Å². The van der Waals surface area contributed by atoms with Gasteiger partial charge in [0, 0.05) is 31.3 Å². The highest BCUT2D eigenvalue weighted by Crippen LogP contribution is 2.37. The van der Waals surface area contributed by atoms with E-state index >= 15 is 0 Å². The summed E-state index contributed by atoms with van der Waals surface area (Å²) >= 11 is 0. The molecule has 1 aromatic carbocycles. The number of aromatic nitrogens is 2. The summed E-state index contributed by atoms with van der Waals surface area (Å²) in [6, 6.07) is 10.3. The zero-order chi connectivity index (χ0) is 20.2. The van der Waals surface area contributed by atoms with Crippen LogP contribution in [0.25, 0.3) is 33.3 Å². The van der Waals surface area contributed by atoms with E-state index in [-0.39, 0.29) is 5.92 Å². The van der Waals surface area contributed by atoms with Gasteiger partial charge in [0.15, 0.2) is 11.8 Å². The van der Waals surface area contributed by atoms with Crippen molar-refractivity contribution in [2.75, 3.05) is 0 Å². The predicted octanol–water partition coefficient (Wildman–Crippen LogP) is 5.47. The summed E-state index contributed by atoms with van der Waals surface area (Å²) in [6.45, 7) is 7.90. The molecule has 0 amide bonds. The van der Waals surface area contributed by atoms with Gasteiger partial charge in [0.25, 0.3) is 0 Å². The molecule has 0 spiro atoms. The molecule has 0 aliphatic rings. The van der Waals surface area contributed by atoms with Gasteiger partial charge in [0.1, 0.15) is 7.05 Å². The fourth-order valence-electron chi connectivity index (χ4n) is 3.69. The maximum Gasteiger partial charge on any atom is 0.227 e. The Balaban J connectivity index is 2.08. The number of rotatable bonds is 3. The van der Waals surface area contributed by atoms with Crippen molar-refractivity contribution in [1.29, 1.82) is 0 Å². The van der Waals surface area contributed by atoms with Crippen LogP contribution < -0.4 is 4.57 Å². The number of hydrogen-bond donors (Lipinski definition) is 0. The van der Waals surface area contributed by atoms with Crippen LogP contribution >= 0.6 is 0 Å². The molecule has 0 saturated heterocycles. The fraction of sp³-hybridized carbons (Fsp3) is 0.304. The van der Waals surface area contributed by atoms with Crippen LogP contribution in [0.4, 0.5) is 0 Å². The molecule has 0 fully saturated rings. The van der Waals surface area contributed by atoms with Crippen LogP contribution in [-0.2, 0) is 13.4 Å². The average Bonchev–Trinajstić information content (AvgIpc) is 2.99. The first-order valence-electron chi connectivity index (χ1n) is 9.99. The molecule has 0 aliphatic carbocycles. The van der Waals surface area contributed by atoms with Crippen molar-refractivity contribution < 1.29 is 11.7 Å². The lowest BCUT2D eigenvalue weighted by Crippen LogP contribution is -2.32. The molecule has 0 atom stereocenters. The van der Waals surface area contributed by atoms with Crippen LogP contribution in [0.5, 0.6) is 0 Å². The van der Waals surface area contributed by atoms with Gasteiger partial charge in [-0.2, -0.15) is 0 Å². The van der Waals surface area contributed by atoms with E-state index in [9.17, 15) is 0 Å². The first-order chi connectivity index (χ1) is 13.2. The van der Waals surface area contributed by atoms with Crippen molar-refractivity contribution in [2.45, 2.75) is 40.0 Å². The van der Waals surface area contributed by atoms with E-state index in [1.807, 2.05) is 29.9 Å². The second kappa shape index (κ2) is 6.24. The smallest absolute Gasteiger partial charge is 0.227 e. The molecule has 3 nitrogen and oxygen atoms in total. The molecule has 0 saturated carbocycles. The minimum absolute atomic E-state index is 0.210. The van der Waals surface area contributed by atoms with E-state index < -0.39 is 6.37 Å². The zero-order valence-corrected chi connectivity index (χ0v) is 15.9. The summed E-state index contributed by atoms with van der Waals surface area (Å²) in [5, 5.41) is 2.05. The molecular formula is C23H25N2O+. The maximum absolute atomic E-state index is 8.25. The minimum atomic E-state index is -1.40. The molecule has 4 rings (SSSR count). The Bertz CT molecular complexity index is 1200.